The Bertz CT molecular complexity index is 965. The molecule has 4 aliphatic rings. The van der Waals surface area contributed by atoms with E-state index in [1.54, 1.807) is 0 Å². The Hall–Kier alpha value is -2.51. The van der Waals surface area contributed by atoms with Crippen molar-refractivity contribution in [3.05, 3.63) is 35.4 Å². The summed E-state index contributed by atoms with van der Waals surface area (Å²) >= 11 is 0. The standard InChI is InChI=1S/C24H27F3O5/c1-12(2)22(29)31-19-10-18(24(25,26)27)20(5-13(19)3)30-11-21(28)32-23(4)16-7-14-6-15(9-16)17(23)8-14/h5,10,14-17H,1,6-9,11H2,2-4H3. The van der Waals surface area contributed by atoms with Gasteiger partial charge in [-0.2, -0.15) is 13.2 Å². The third-order valence-electron chi connectivity index (χ3n) is 7.36. The number of aryl methyl sites for hydroxylation is 1. The van der Waals surface area contributed by atoms with E-state index in [9.17, 15) is 22.8 Å². The summed E-state index contributed by atoms with van der Waals surface area (Å²) in [5.74, 6) is -0.340. The van der Waals surface area contributed by atoms with E-state index >= 15 is 0 Å². The maximum Gasteiger partial charge on any atom is 0.420 e. The first-order valence-electron chi connectivity index (χ1n) is 10.8. The number of esters is 2. The molecule has 0 aromatic heterocycles. The number of hydrogen-bond donors (Lipinski definition) is 0. The molecular weight excluding hydrogens is 425 g/mol. The Balaban J connectivity index is 1.47. The lowest BCUT2D eigenvalue weighted by Gasteiger charge is -2.41. The number of benzene rings is 1. The second-order valence-electron chi connectivity index (χ2n) is 9.60. The molecule has 1 aromatic rings. The van der Waals surface area contributed by atoms with E-state index in [4.69, 9.17) is 14.2 Å². The maximum atomic E-state index is 13.6. The van der Waals surface area contributed by atoms with Crippen LogP contribution in [0.2, 0.25) is 0 Å². The van der Waals surface area contributed by atoms with Crippen molar-refractivity contribution in [1.82, 2.24) is 0 Å². The van der Waals surface area contributed by atoms with Crippen LogP contribution in [0.3, 0.4) is 0 Å². The molecule has 0 radical (unpaired) electrons. The summed E-state index contributed by atoms with van der Waals surface area (Å²) in [6.45, 7) is 7.63. The monoisotopic (exact) mass is 452 g/mol. The molecule has 5 nitrogen and oxygen atoms in total. The van der Waals surface area contributed by atoms with Gasteiger partial charge >= 0.3 is 18.1 Å². The van der Waals surface area contributed by atoms with Gasteiger partial charge in [0.1, 0.15) is 22.7 Å². The summed E-state index contributed by atoms with van der Waals surface area (Å²) in [4.78, 5) is 24.3. The van der Waals surface area contributed by atoms with E-state index in [2.05, 4.69) is 6.58 Å². The fourth-order valence-electron chi connectivity index (χ4n) is 5.90. The van der Waals surface area contributed by atoms with Gasteiger partial charge in [0.2, 0.25) is 0 Å². The summed E-state index contributed by atoms with van der Waals surface area (Å²) in [6.07, 6.45) is -0.450. The molecule has 5 atom stereocenters. The van der Waals surface area contributed by atoms with Crippen molar-refractivity contribution in [3.63, 3.8) is 0 Å². The quantitative estimate of drug-likeness (QED) is 0.336. The molecule has 0 N–H and O–H groups in total. The molecule has 0 amide bonds. The summed E-state index contributed by atoms with van der Waals surface area (Å²) in [6, 6.07) is 1.81. The van der Waals surface area contributed by atoms with Crippen LogP contribution in [-0.2, 0) is 20.5 Å². The number of rotatable bonds is 6. The van der Waals surface area contributed by atoms with Gasteiger partial charge in [0.05, 0.1) is 0 Å². The minimum absolute atomic E-state index is 0.0590. The average molecular weight is 452 g/mol. The second-order valence-corrected chi connectivity index (χ2v) is 9.60. The minimum atomic E-state index is -4.77. The van der Waals surface area contributed by atoms with Crippen LogP contribution in [0.5, 0.6) is 11.5 Å². The van der Waals surface area contributed by atoms with E-state index in [0.29, 0.717) is 29.7 Å². The molecule has 0 heterocycles. The lowest BCUT2D eigenvalue weighted by molar-refractivity contribution is -0.173. The first kappa shape index (κ1) is 22.7. The van der Waals surface area contributed by atoms with Crippen molar-refractivity contribution in [2.75, 3.05) is 6.61 Å². The number of carbonyl (C=O) groups is 2. The fourth-order valence-corrected chi connectivity index (χ4v) is 5.90. The number of hydrogen-bond acceptors (Lipinski definition) is 5. The van der Waals surface area contributed by atoms with E-state index in [1.807, 2.05) is 6.92 Å². The van der Waals surface area contributed by atoms with E-state index in [0.717, 1.165) is 25.3 Å². The maximum absolute atomic E-state index is 13.6. The van der Waals surface area contributed by atoms with Gasteiger partial charge in [0, 0.05) is 11.5 Å². The van der Waals surface area contributed by atoms with Gasteiger partial charge in [0.25, 0.3) is 0 Å². The van der Waals surface area contributed by atoms with Crippen molar-refractivity contribution >= 4 is 11.9 Å². The number of halogens is 3. The summed E-state index contributed by atoms with van der Waals surface area (Å²) in [5.41, 5.74) is -1.39. The number of alkyl halides is 3. The molecule has 0 aliphatic heterocycles. The Morgan fingerprint density at radius 2 is 1.88 bits per heavy atom. The molecule has 8 heteroatoms. The Morgan fingerprint density at radius 1 is 1.16 bits per heavy atom. The molecule has 0 spiro atoms. The Morgan fingerprint density at radius 3 is 2.50 bits per heavy atom. The molecule has 4 aliphatic carbocycles. The Labute approximate surface area is 184 Å². The lowest BCUT2D eigenvalue weighted by atomic mass is 9.73. The highest BCUT2D eigenvalue weighted by Gasteiger charge is 2.62. The molecule has 5 unspecified atom stereocenters. The number of carbonyl (C=O) groups excluding carboxylic acids is 2. The van der Waals surface area contributed by atoms with E-state index in [1.165, 1.54) is 20.3 Å². The van der Waals surface area contributed by atoms with Crippen molar-refractivity contribution in [2.24, 2.45) is 23.7 Å². The molecule has 1 aromatic carbocycles. The molecular formula is C24H27F3O5. The normalized spacial score (nSPS) is 30.3. The average Bonchev–Trinajstić information content (AvgIpc) is 3.08. The summed E-state index contributed by atoms with van der Waals surface area (Å²) < 4.78 is 56.9. The topological polar surface area (TPSA) is 61.8 Å². The van der Waals surface area contributed by atoms with Crippen molar-refractivity contribution in [3.8, 4) is 11.5 Å². The van der Waals surface area contributed by atoms with Crippen LogP contribution in [0, 0.1) is 30.6 Å². The third-order valence-corrected chi connectivity index (χ3v) is 7.36. The molecule has 4 fully saturated rings. The van der Waals surface area contributed by atoms with E-state index < -0.39 is 41.6 Å². The highest BCUT2D eigenvalue weighted by atomic mass is 19.4. The molecule has 4 bridgehead atoms. The minimum Gasteiger partial charge on any atom is -0.481 e. The zero-order valence-corrected chi connectivity index (χ0v) is 18.4. The van der Waals surface area contributed by atoms with Crippen LogP contribution in [0.15, 0.2) is 24.3 Å². The van der Waals surface area contributed by atoms with E-state index in [-0.39, 0.29) is 16.9 Å². The molecule has 32 heavy (non-hydrogen) atoms. The predicted molar refractivity (Wildman–Crippen MR) is 109 cm³/mol. The SMILES string of the molecule is C=C(C)C(=O)Oc1cc(C(F)(F)F)c(OCC(=O)OC2(C)C3CC4CC(C3)C2C4)cc1C. The van der Waals surface area contributed by atoms with Crippen molar-refractivity contribution in [2.45, 2.75) is 58.2 Å². The van der Waals surface area contributed by atoms with Gasteiger partial charge in [-0.1, -0.05) is 6.58 Å². The summed E-state index contributed by atoms with van der Waals surface area (Å²) in [7, 11) is 0. The molecule has 4 saturated carbocycles. The zero-order valence-electron chi connectivity index (χ0n) is 18.4. The number of ether oxygens (including phenoxy) is 3. The van der Waals surface area contributed by atoms with Gasteiger partial charge < -0.3 is 14.2 Å². The van der Waals surface area contributed by atoms with Crippen molar-refractivity contribution in [1.29, 1.82) is 0 Å². The van der Waals surface area contributed by atoms with Gasteiger partial charge in [-0.05, 0) is 81.9 Å². The lowest BCUT2D eigenvalue weighted by Crippen LogP contribution is -2.45. The zero-order chi connectivity index (χ0) is 23.4. The first-order chi connectivity index (χ1) is 14.9. The van der Waals surface area contributed by atoms with Gasteiger partial charge in [0.15, 0.2) is 6.61 Å². The van der Waals surface area contributed by atoms with Crippen LogP contribution in [0.25, 0.3) is 0 Å². The third kappa shape index (κ3) is 3.99. The van der Waals surface area contributed by atoms with Gasteiger partial charge in [-0.25, -0.2) is 9.59 Å². The van der Waals surface area contributed by atoms with Crippen LogP contribution in [0.4, 0.5) is 13.2 Å². The molecule has 5 rings (SSSR count). The van der Waals surface area contributed by atoms with Crippen LogP contribution >= 0.6 is 0 Å². The molecule has 0 saturated heterocycles. The summed E-state index contributed by atoms with van der Waals surface area (Å²) in [5, 5.41) is 0. The highest BCUT2D eigenvalue weighted by Crippen LogP contribution is 2.63. The highest BCUT2D eigenvalue weighted by molar-refractivity contribution is 5.89. The largest absolute Gasteiger partial charge is 0.481 e. The van der Waals surface area contributed by atoms with Gasteiger partial charge in [-0.3, -0.25) is 0 Å². The van der Waals surface area contributed by atoms with Crippen LogP contribution in [0.1, 0.15) is 50.7 Å². The molecule has 174 valence electrons. The Kier molecular flexibility index (Phi) is 5.54. The van der Waals surface area contributed by atoms with Crippen LogP contribution < -0.4 is 9.47 Å². The van der Waals surface area contributed by atoms with Crippen molar-refractivity contribution < 1.29 is 37.0 Å². The predicted octanol–water partition coefficient (Wildman–Crippen LogP) is 5.24. The second kappa shape index (κ2) is 7.81. The smallest absolute Gasteiger partial charge is 0.420 e. The van der Waals surface area contributed by atoms with Gasteiger partial charge in [-0.15, -0.1) is 0 Å². The fraction of sp³-hybridized carbons (Fsp3) is 0.583. The van der Waals surface area contributed by atoms with Crippen LogP contribution in [-0.4, -0.2) is 24.1 Å². The first-order valence-corrected chi connectivity index (χ1v) is 10.8.